The van der Waals surface area contributed by atoms with E-state index in [2.05, 4.69) is 10.3 Å². The molecule has 0 aliphatic heterocycles. The molecule has 1 heterocycles. The van der Waals surface area contributed by atoms with Crippen molar-refractivity contribution in [2.45, 2.75) is 19.4 Å². The van der Waals surface area contributed by atoms with Crippen LogP contribution in [-0.2, 0) is 5.60 Å². The Balaban J connectivity index is 0.00000220. The monoisotopic (exact) mass is 401 g/mol. The number of aliphatic imine (C=N–C) groups is 1. The van der Waals surface area contributed by atoms with Crippen molar-refractivity contribution >= 4 is 35.6 Å². The van der Waals surface area contributed by atoms with Crippen molar-refractivity contribution in [3.63, 3.8) is 0 Å². The first-order valence-corrected chi connectivity index (χ1v) is 6.37. The van der Waals surface area contributed by atoms with Gasteiger partial charge in [0.15, 0.2) is 5.96 Å². The van der Waals surface area contributed by atoms with E-state index in [1.54, 1.807) is 19.1 Å². The first kappa shape index (κ1) is 17.5. The number of nitrogens with two attached hydrogens (primary N) is 1. The number of hydrogen-bond donors (Lipinski definition) is 3. The van der Waals surface area contributed by atoms with Gasteiger partial charge in [0.05, 0.1) is 12.8 Å². The van der Waals surface area contributed by atoms with Crippen LogP contribution in [0, 0.1) is 6.92 Å². The van der Waals surface area contributed by atoms with Gasteiger partial charge >= 0.3 is 0 Å². The van der Waals surface area contributed by atoms with Gasteiger partial charge in [0.2, 0.25) is 0 Å². The smallest absolute Gasteiger partial charge is 0.193 e. The summed E-state index contributed by atoms with van der Waals surface area (Å²) in [4.78, 5) is 4.15. The predicted molar refractivity (Wildman–Crippen MR) is 95.0 cm³/mol. The number of benzene rings is 1. The van der Waals surface area contributed by atoms with Gasteiger partial charge in [-0.3, -0.25) is 0 Å². The molecule has 4 N–H and O–H groups in total. The van der Waals surface area contributed by atoms with E-state index in [9.17, 15) is 5.11 Å². The Hall–Kier alpha value is -1.54. The number of anilines is 1. The molecule has 0 spiro atoms. The zero-order valence-electron chi connectivity index (χ0n) is 12.0. The molecule has 2 aromatic rings. The number of hydrogen-bond acceptors (Lipinski definition) is 3. The lowest BCUT2D eigenvalue weighted by atomic mass is 10.0. The standard InChI is InChI=1S/C15H19N3O2.HI/c1-11-5-3-6-12(9-11)18-14(16)17-10-15(2,19)13-7-4-8-20-13;/h3-9,19H,10H2,1-2H3,(H3,16,17,18);1H. The maximum atomic E-state index is 10.2. The Kier molecular flexibility index (Phi) is 6.22. The minimum Gasteiger partial charge on any atom is -0.466 e. The van der Waals surface area contributed by atoms with Crippen LogP contribution in [0.2, 0.25) is 0 Å². The molecule has 114 valence electrons. The maximum absolute atomic E-state index is 10.2. The van der Waals surface area contributed by atoms with Gasteiger partial charge in [-0.25, -0.2) is 4.99 Å². The van der Waals surface area contributed by atoms with Crippen molar-refractivity contribution in [3.8, 4) is 0 Å². The summed E-state index contributed by atoms with van der Waals surface area (Å²) in [5.41, 5.74) is 6.63. The Bertz CT molecular complexity index is 595. The lowest BCUT2D eigenvalue weighted by Gasteiger charge is -2.18. The number of nitrogens with zero attached hydrogens (tertiary/aromatic N) is 1. The number of aryl methyl sites for hydroxylation is 1. The highest BCUT2D eigenvalue weighted by atomic mass is 127. The van der Waals surface area contributed by atoms with Crippen LogP contribution < -0.4 is 11.1 Å². The fraction of sp³-hybridized carbons (Fsp3) is 0.267. The first-order chi connectivity index (χ1) is 9.47. The van der Waals surface area contributed by atoms with Gasteiger partial charge in [-0.2, -0.15) is 0 Å². The van der Waals surface area contributed by atoms with E-state index < -0.39 is 5.60 Å². The van der Waals surface area contributed by atoms with Crippen molar-refractivity contribution in [3.05, 3.63) is 54.0 Å². The molecule has 0 saturated carbocycles. The Morgan fingerprint density at radius 2 is 2.14 bits per heavy atom. The molecule has 0 aliphatic rings. The van der Waals surface area contributed by atoms with E-state index in [-0.39, 0.29) is 36.5 Å². The average molecular weight is 401 g/mol. The van der Waals surface area contributed by atoms with Gasteiger partial charge < -0.3 is 20.6 Å². The Labute approximate surface area is 141 Å². The Morgan fingerprint density at radius 1 is 1.38 bits per heavy atom. The fourth-order valence-electron chi connectivity index (χ4n) is 1.81. The molecule has 0 radical (unpaired) electrons. The summed E-state index contributed by atoms with van der Waals surface area (Å²) in [6.07, 6.45) is 1.52. The van der Waals surface area contributed by atoms with Crippen LogP contribution in [0.1, 0.15) is 18.2 Å². The Morgan fingerprint density at radius 3 is 2.76 bits per heavy atom. The van der Waals surface area contributed by atoms with Gasteiger partial charge in [0, 0.05) is 5.69 Å². The topological polar surface area (TPSA) is 83.8 Å². The molecule has 6 heteroatoms. The van der Waals surface area contributed by atoms with E-state index in [0.717, 1.165) is 11.3 Å². The van der Waals surface area contributed by atoms with E-state index >= 15 is 0 Å². The van der Waals surface area contributed by atoms with Crippen LogP contribution in [0.15, 0.2) is 52.1 Å². The van der Waals surface area contributed by atoms with Crippen LogP contribution in [0.5, 0.6) is 0 Å². The molecule has 1 atom stereocenters. The molecule has 0 aliphatic carbocycles. The SMILES string of the molecule is Cc1cccc(NC(N)=NCC(C)(O)c2ccco2)c1.I. The largest absolute Gasteiger partial charge is 0.466 e. The van der Waals surface area contributed by atoms with Crippen LogP contribution in [-0.4, -0.2) is 17.6 Å². The van der Waals surface area contributed by atoms with E-state index in [1.165, 1.54) is 6.26 Å². The number of rotatable bonds is 4. The normalized spacial score (nSPS) is 14.1. The molecule has 1 aromatic carbocycles. The van der Waals surface area contributed by atoms with Gasteiger partial charge in [0.25, 0.3) is 0 Å². The van der Waals surface area contributed by atoms with Crippen molar-refractivity contribution in [1.82, 2.24) is 0 Å². The third-order valence-corrected chi connectivity index (χ3v) is 2.90. The molecule has 21 heavy (non-hydrogen) atoms. The number of halogens is 1. The second-order valence-electron chi connectivity index (χ2n) is 4.95. The van der Waals surface area contributed by atoms with Gasteiger partial charge in [-0.15, -0.1) is 24.0 Å². The van der Waals surface area contributed by atoms with E-state index in [1.807, 2.05) is 31.2 Å². The van der Waals surface area contributed by atoms with Crippen LogP contribution in [0.25, 0.3) is 0 Å². The van der Waals surface area contributed by atoms with E-state index in [0.29, 0.717) is 5.76 Å². The second kappa shape index (κ2) is 7.46. The second-order valence-corrected chi connectivity index (χ2v) is 4.95. The maximum Gasteiger partial charge on any atom is 0.193 e. The summed E-state index contributed by atoms with van der Waals surface area (Å²) in [5, 5.41) is 13.2. The van der Waals surface area contributed by atoms with Crippen molar-refractivity contribution in [1.29, 1.82) is 0 Å². The first-order valence-electron chi connectivity index (χ1n) is 6.37. The molecular weight excluding hydrogens is 381 g/mol. The average Bonchev–Trinajstić information content (AvgIpc) is 2.91. The number of nitrogens with one attached hydrogen (secondary N) is 1. The summed E-state index contributed by atoms with van der Waals surface area (Å²) in [6, 6.07) is 11.2. The molecule has 0 saturated heterocycles. The summed E-state index contributed by atoms with van der Waals surface area (Å²) in [7, 11) is 0. The molecule has 0 bridgehead atoms. The number of guanidine groups is 1. The van der Waals surface area contributed by atoms with Crippen LogP contribution in [0.4, 0.5) is 5.69 Å². The number of aliphatic hydroxyl groups is 1. The molecule has 5 nitrogen and oxygen atoms in total. The summed E-state index contributed by atoms with van der Waals surface area (Å²) in [6.45, 7) is 3.75. The summed E-state index contributed by atoms with van der Waals surface area (Å²) in [5.74, 6) is 0.715. The minimum absolute atomic E-state index is 0. The van der Waals surface area contributed by atoms with Crippen molar-refractivity contribution in [2.24, 2.45) is 10.7 Å². The zero-order chi connectivity index (χ0) is 14.6. The van der Waals surface area contributed by atoms with Crippen LogP contribution >= 0.6 is 24.0 Å². The highest BCUT2D eigenvalue weighted by Gasteiger charge is 2.25. The highest BCUT2D eigenvalue weighted by Crippen LogP contribution is 2.21. The number of furan rings is 1. The molecule has 1 unspecified atom stereocenters. The zero-order valence-corrected chi connectivity index (χ0v) is 14.4. The fourth-order valence-corrected chi connectivity index (χ4v) is 1.81. The van der Waals surface area contributed by atoms with Crippen LogP contribution in [0.3, 0.4) is 0 Å². The highest BCUT2D eigenvalue weighted by molar-refractivity contribution is 14.0. The van der Waals surface area contributed by atoms with Gasteiger partial charge in [0.1, 0.15) is 11.4 Å². The lowest BCUT2D eigenvalue weighted by Crippen LogP contribution is -2.29. The van der Waals surface area contributed by atoms with E-state index in [4.69, 9.17) is 10.2 Å². The molecule has 1 aromatic heterocycles. The van der Waals surface area contributed by atoms with Gasteiger partial charge in [-0.05, 0) is 43.7 Å². The third kappa shape index (κ3) is 5.05. The van der Waals surface area contributed by atoms with Crippen molar-refractivity contribution in [2.75, 3.05) is 11.9 Å². The summed E-state index contributed by atoms with van der Waals surface area (Å²) < 4.78 is 5.18. The molecule has 2 rings (SSSR count). The minimum atomic E-state index is -1.18. The summed E-state index contributed by atoms with van der Waals surface area (Å²) >= 11 is 0. The quantitative estimate of drug-likeness (QED) is 0.418. The van der Waals surface area contributed by atoms with Crippen molar-refractivity contribution < 1.29 is 9.52 Å². The molecular formula is C15H20IN3O2. The lowest BCUT2D eigenvalue weighted by molar-refractivity contribution is 0.0438. The molecule has 0 amide bonds. The predicted octanol–water partition coefficient (Wildman–Crippen LogP) is 2.84. The third-order valence-electron chi connectivity index (χ3n) is 2.90. The molecule has 0 fully saturated rings. The van der Waals surface area contributed by atoms with Gasteiger partial charge in [-0.1, -0.05) is 12.1 Å².